The lowest BCUT2D eigenvalue weighted by atomic mass is 9.79. The highest BCUT2D eigenvalue weighted by molar-refractivity contribution is 9.10. The molecule has 28 heavy (non-hydrogen) atoms. The number of halogens is 1. The van der Waals surface area contributed by atoms with Gasteiger partial charge in [-0.3, -0.25) is 10.1 Å². The summed E-state index contributed by atoms with van der Waals surface area (Å²) in [4.78, 5) is 29.6. The summed E-state index contributed by atoms with van der Waals surface area (Å²) in [5, 5.41) is 15.6. The number of nitrogens with one attached hydrogen (secondary N) is 1. The number of carbonyl (C=O) groups is 1. The average Bonchev–Trinajstić information content (AvgIpc) is 3.17. The molecule has 2 aromatic rings. The molecular weight excluding hydrogens is 428 g/mol. The zero-order chi connectivity index (χ0) is 20.2. The zero-order valence-corrected chi connectivity index (χ0v) is 17.4. The van der Waals surface area contributed by atoms with E-state index in [-0.39, 0.29) is 29.8 Å². The summed E-state index contributed by atoms with van der Waals surface area (Å²) in [6.07, 6.45) is 1.82. The molecule has 1 amide bonds. The maximum Gasteiger partial charge on any atom is 0.410 e. The number of nitrogens with zero attached hydrogens (tertiary/aromatic N) is 3. The normalized spacial score (nSPS) is 23.4. The summed E-state index contributed by atoms with van der Waals surface area (Å²) in [5.41, 5.74) is 0.494. The summed E-state index contributed by atoms with van der Waals surface area (Å²) >= 11 is 3.42. The highest BCUT2D eigenvalue weighted by atomic mass is 79.9. The Kier molecular flexibility index (Phi) is 4.45. The molecule has 1 aliphatic carbocycles. The number of anilines is 1. The fourth-order valence-electron chi connectivity index (χ4n) is 3.97. The second-order valence-electron chi connectivity index (χ2n) is 8.30. The molecule has 8 nitrogen and oxygen atoms in total. The van der Waals surface area contributed by atoms with Gasteiger partial charge in [-0.25, -0.2) is 9.78 Å². The van der Waals surface area contributed by atoms with Crippen molar-refractivity contribution in [1.82, 2.24) is 9.88 Å². The third-order valence-corrected chi connectivity index (χ3v) is 5.74. The summed E-state index contributed by atoms with van der Waals surface area (Å²) in [5.74, 6) is 0.243. The van der Waals surface area contributed by atoms with Crippen molar-refractivity contribution in [3.63, 3.8) is 0 Å². The zero-order valence-electron chi connectivity index (χ0n) is 15.8. The Bertz CT molecular complexity index is 974. The lowest BCUT2D eigenvalue weighted by Crippen LogP contribution is -2.50. The van der Waals surface area contributed by atoms with Gasteiger partial charge in [0.25, 0.3) is 0 Å². The predicted molar refractivity (Wildman–Crippen MR) is 108 cm³/mol. The number of benzene rings is 1. The largest absolute Gasteiger partial charge is 0.444 e. The first-order chi connectivity index (χ1) is 13.1. The van der Waals surface area contributed by atoms with Crippen LogP contribution in [0, 0.1) is 16.0 Å². The van der Waals surface area contributed by atoms with Crippen LogP contribution in [0.1, 0.15) is 27.2 Å². The maximum atomic E-state index is 12.5. The van der Waals surface area contributed by atoms with Crippen LogP contribution in [-0.2, 0) is 4.74 Å². The topological polar surface area (TPSA) is 97.6 Å². The van der Waals surface area contributed by atoms with Gasteiger partial charge < -0.3 is 15.0 Å². The molecule has 1 aromatic heterocycles. The van der Waals surface area contributed by atoms with Gasteiger partial charge in [0.2, 0.25) is 0 Å². The monoisotopic (exact) mass is 448 g/mol. The number of aromatic nitrogens is 1. The molecule has 3 aliphatic rings. The lowest BCUT2D eigenvalue weighted by Gasteiger charge is -2.37. The Morgan fingerprint density at radius 1 is 1.43 bits per heavy atom. The minimum absolute atomic E-state index is 0.0326. The lowest BCUT2D eigenvalue weighted by molar-refractivity contribution is -0.384. The summed E-state index contributed by atoms with van der Waals surface area (Å²) < 4.78 is 6.32. The Labute approximate surface area is 170 Å². The number of fused-ring (bicyclic) bond motifs is 2. The number of amides is 1. The molecule has 3 atom stereocenters. The van der Waals surface area contributed by atoms with Crippen molar-refractivity contribution in [2.75, 3.05) is 11.9 Å². The van der Waals surface area contributed by atoms with Gasteiger partial charge in [-0.05, 0) is 45.4 Å². The number of rotatable bonds is 3. The van der Waals surface area contributed by atoms with E-state index >= 15 is 0 Å². The van der Waals surface area contributed by atoms with Crippen LogP contribution in [0.5, 0.6) is 0 Å². The number of ether oxygens (including phenoxy) is 1. The molecule has 1 aromatic carbocycles. The first-order valence-electron chi connectivity index (χ1n) is 9.13. The third kappa shape index (κ3) is 3.28. The Morgan fingerprint density at radius 2 is 2.18 bits per heavy atom. The van der Waals surface area contributed by atoms with Gasteiger partial charge in [-0.2, -0.15) is 0 Å². The van der Waals surface area contributed by atoms with Crippen molar-refractivity contribution in [3.05, 3.63) is 39.0 Å². The van der Waals surface area contributed by atoms with Crippen LogP contribution < -0.4 is 5.32 Å². The van der Waals surface area contributed by atoms with Gasteiger partial charge in [0.05, 0.1) is 22.5 Å². The first kappa shape index (κ1) is 18.9. The maximum absolute atomic E-state index is 12.5. The number of pyridine rings is 1. The highest BCUT2D eigenvalue weighted by Crippen LogP contribution is 2.45. The van der Waals surface area contributed by atoms with E-state index in [4.69, 9.17) is 4.74 Å². The fourth-order valence-corrected chi connectivity index (χ4v) is 4.34. The minimum atomic E-state index is -0.556. The van der Waals surface area contributed by atoms with E-state index in [2.05, 4.69) is 26.2 Å². The number of carbonyl (C=O) groups excluding carboxylic acids is 1. The SMILES string of the molecule is CC(C)(C)OC(=O)N1C[C@@H]2C[C@H]1[C@@H]2Nc1c([N+](=O)[O-])cnc2ccc(Br)cc12. The smallest absolute Gasteiger partial charge is 0.410 e. The van der Waals surface area contributed by atoms with E-state index in [1.54, 1.807) is 4.90 Å². The predicted octanol–water partition coefficient (Wildman–Crippen LogP) is 4.33. The van der Waals surface area contributed by atoms with E-state index in [0.717, 1.165) is 10.9 Å². The van der Waals surface area contributed by atoms with E-state index in [1.165, 1.54) is 6.20 Å². The van der Waals surface area contributed by atoms with Crippen molar-refractivity contribution in [2.45, 2.75) is 44.9 Å². The molecule has 1 saturated carbocycles. The Morgan fingerprint density at radius 3 is 2.86 bits per heavy atom. The van der Waals surface area contributed by atoms with E-state index < -0.39 is 10.5 Å². The van der Waals surface area contributed by atoms with Crippen molar-refractivity contribution >= 4 is 44.3 Å². The van der Waals surface area contributed by atoms with Gasteiger partial charge in [0.15, 0.2) is 0 Å². The van der Waals surface area contributed by atoms with Crippen LogP contribution in [-0.4, -0.2) is 45.1 Å². The Balaban J connectivity index is 1.63. The van der Waals surface area contributed by atoms with Crippen LogP contribution in [0.2, 0.25) is 0 Å². The van der Waals surface area contributed by atoms with E-state index in [1.807, 2.05) is 39.0 Å². The fraction of sp³-hybridized carbons (Fsp3) is 0.474. The van der Waals surface area contributed by atoms with Crippen molar-refractivity contribution in [2.24, 2.45) is 5.92 Å². The van der Waals surface area contributed by atoms with Gasteiger partial charge in [0.1, 0.15) is 17.5 Å². The molecular formula is C19H21BrN4O4. The molecule has 2 aliphatic heterocycles. The van der Waals surface area contributed by atoms with Gasteiger partial charge >= 0.3 is 11.8 Å². The van der Waals surface area contributed by atoms with E-state index in [0.29, 0.717) is 23.1 Å². The number of nitro groups is 1. The molecule has 0 unspecified atom stereocenters. The van der Waals surface area contributed by atoms with Crippen molar-refractivity contribution in [3.8, 4) is 0 Å². The molecule has 0 spiro atoms. The molecule has 1 N–H and O–H groups in total. The Hall–Kier alpha value is -2.42. The molecule has 0 radical (unpaired) electrons. The highest BCUT2D eigenvalue weighted by Gasteiger charge is 2.55. The molecule has 2 saturated heterocycles. The third-order valence-electron chi connectivity index (χ3n) is 5.24. The quantitative estimate of drug-likeness (QED) is 0.554. The van der Waals surface area contributed by atoms with Gasteiger partial charge in [-0.1, -0.05) is 15.9 Å². The second kappa shape index (κ2) is 6.58. The summed E-state index contributed by atoms with van der Waals surface area (Å²) in [6.45, 7) is 6.11. The standard InChI is InChI=1S/C19H21BrN4O4/c1-19(2,3)28-18(25)23-9-10-6-14(23)16(10)22-17-12-7-11(20)4-5-13(12)21-8-15(17)24(26)27/h4-5,7-8,10,14,16H,6,9H2,1-3H3,(H,21,22)/t10-,14-,16+/m0/s1. The van der Waals surface area contributed by atoms with Gasteiger partial charge in [-0.15, -0.1) is 0 Å². The molecule has 9 heteroatoms. The van der Waals surface area contributed by atoms with Crippen molar-refractivity contribution < 1.29 is 14.5 Å². The minimum Gasteiger partial charge on any atom is -0.444 e. The molecule has 2 bridgehead atoms. The average molecular weight is 449 g/mol. The van der Waals surface area contributed by atoms with Crippen LogP contribution in [0.15, 0.2) is 28.9 Å². The summed E-state index contributed by atoms with van der Waals surface area (Å²) in [7, 11) is 0. The van der Waals surface area contributed by atoms with Crippen LogP contribution >= 0.6 is 15.9 Å². The first-order valence-corrected chi connectivity index (χ1v) is 9.92. The number of hydrogen-bond donors (Lipinski definition) is 1. The second-order valence-corrected chi connectivity index (χ2v) is 9.22. The number of hydrogen-bond acceptors (Lipinski definition) is 6. The molecule has 3 heterocycles. The van der Waals surface area contributed by atoms with Gasteiger partial charge in [0, 0.05) is 22.3 Å². The van der Waals surface area contributed by atoms with Crippen molar-refractivity contribution in [1.29, 1.82) is 0 Å². The molecule has 3 fully saturated rings. The van der Waals surface area contributed by atoms with Crippen LogP contribution in [0.3, 0.4) is 0 Å². The summed E-state index contributed by atoms with van der Waals surface area (Å²) in [6, 6.07) is 5.41. The van der Waals surface area contributed by atoms with Crippen LogP contribution in [0.25, 0.3) is 10.9 Å². The molecule has 5 rings (SSSR count). The van der Waals surface area contributed by atoms with E-state index in [9.17, 15) is 14.9 Å². The van der Waals surface area contributed by atoms with Crippen LogP contribution in [0.4, 0.5) is 16.2 Å². The molecule has 148 valence electrons.